The topological polar surface area (TPSA) is 197 Å². The highest BCUT2D eigenvalue weighted by Gasteiger charge is 2.23. The van der Waals surface area contributed by atoms with E-state index in [1.807, 2.05) is 13.0 Å². The molecule has 0 saturated carbocycles. The van der Waals surface area contributed by atoms with Gasteiger partial charge in [0.2, 0.25) is 0 Å². The number of anilines is 2. The molecule has 0 saturated heterocycles. The number of pyridine rings is 1. The third-order valence-corrected chi connectivity index (χ3v) is 7.51. The van der Waals surface area contributed by atoms with E-state index >= 15 is 0 Å². The molecule has 4 rings (SSSR count). The van der Waals surface area contributed by atoms with Crippen LogP contribution in [0, 0.1) is 39.7 Å². The zero-order chi connectivity index (χ0) is 29.9. The van der Waals surface area contributed by atoms with E-state index in [0.717, 1.165) is 10.2 Å². The van der Waals surface area contributed by atoms with Gasteiger partial charge in [-0.25, -0.2) is 8.42 Å². The van der Waals surface area contributed by atoms with Crippen molar-refractivity contribution in [3.8, 4) is 23.3 Å². The molecule has 41 heavy (non-hydrogen) atoms. The molecule has 204 valence electrons. The SMILES string of the molecule is C/C(=N/n1c(N)c(C#N)c(-c2ccc([N+](=O)[O-])cc2)c(C#N)c1=O)c1ccc(NS(=O)(=O)c2ccc(C)cc2)cc1. The van der Waals surface area contributed by atoms with Crippen LogP contribution in [0.4, 0.5) is 17.2 Å². The van der Waals surface area contributed by atoms with Gasteiger partial charge >= 0.3 is 0 Å². The Bertz CT molecular complexity index is 1950. The van der Waals surface area contributed by atoms with Gasteiger partial charge < -0.3 is 5.73 Å². The molecule has 0 aliphatic carbocycles. The summed E-state index contributed by atoms with van der Waals surface area (Å²) in [5.41, 5.74) is 6.62. The molecule has 1 aromatic heterocycles. The minimum Gasteiger partial charge on any atom is -0.382 e. The largest absolute Gasteiger partial charge is 0.382 e. The van der Waals surface area contributed by atoms with Crippen LogP contribution in [0.3, 0.4) is 0 Å². The summed E-state index contributed by atoms with van der Waals surface area (Å²) in [7, 11) is -3.81. The molecule has 1 heterocycles. The molecular formula is C28H21N7O5S. The van der Waals surface area contributed by atoms with Gasteiger partial charge in [0, 0.05) is 23.4 Å². The fourth-order valence-electron chi connectivity index (χ4n) is 3.95. The first kappa shape index (κ1) is 28.2. The van der Waals surface area contributed by atoms with Crippen molar-refractivity contribution in [2.45, 2.75) is 18.7 Å². The number of non-ortho nitro benzene ring substituents is 1. The number of hydrogen-bond acceptors (Lipinski definition) is 9. The van der Waals surface area contributed by atoms with Gasteiger partial charge in [0.15, 0.2) is 0 Å². The summed E-state index contributed by atoms with van der Waals surface area (Å²) < 4.78 is 28.6. The zero-order valence-electron chi connectivity index (χ0n) is 21.7. The Morgan fingerprint density at radius 2 is 1.56 bits per heavy atom. The number of nitro groups is 1. The second-order valence-corrected chi connectivity index (χ2v) is 10.5. The monoisotopic (exact) mass is 567 g/mol. The zero-order valence-corrected chi connectivity index (χ0v) is 22.5. The fraction of sp³-hybridized carbons (Fsp3) is 0.0714. The van der Waals surface area contributed by atoms with Crippen molar-refractivity contribution < 1.29 is 13.3 Å². The van der Waals surface area contributed by atoms with Crippen molar-refractivity contribution in [2.24, 2.45) is 5.10 Å². The maximum atomic E-state index is 13.3. The standard InChI is InChI=1S/C28H21N7O5S/c1-17-3-13-23(14-4-17)41(39,40)33-21-9-5-19(6-10-21)18(2)32-34-27(31)24(15-29)26(25(16-30)28(34)36)20-7-11-22(12-8-20)35(37)38/h3-14,33H,31H2,1-2H3/b32-18-. The van der Waals surface area contributed by atoms with Crippen molar-refractivity contribution in [3.63, 3.8) is 0 Å². The van der Waals surface area contributed by atoms with Gasteiger partial charge in [0.1, 0.15) is 29.1 Å². The fourth-order valence-corrected chi connectivity index (χ4v) is 5.01. The van der Waals surface area contributed by atoms with Crippen LogP contribution >= 0.6 is 0 Å². The smallest absolute Gasteiger partial charge is 0.291 e. The summed E-state index contributed by atoms with van der Waals surface area (Å²) in [4.78, 5) is 23.8. The first-order chi connectivity index (χ1) is 19.5. The third-order valence-electron chi connectivity index (χ3n) is 6.12. The Kier molecular flexibility index (Phi) is 7.67. The highest BCUT2D eigenvalue weighted by Crippen LogP contribution is 2.30. The Morgan fingerprint density at radius 3 is 2.10 bits per heavy atom. The van der Waals surface area contributed by atoms with Gasteiger partial charge in [-0.2, -0.15) is 20.3 Å². The Balaban J connectivity index is 1.70. The number of aryl methyl sites for hydroxylation is 1. The number of sulfonamides is 1. The summed E-state index contributed by atoms with van der Waals surface area (Å²) >= 11 is 0. The maximum absolute atomic E-state index is 13.3. The van der Waals surface area contributed by atoms with Crippen molar-refractivity contribution in [1.29, 1.82) is 10.5 Å². The minimum absolute atomic E-state index is 0.0540. The van der Waals surface area contributed by atoms with Crippen molar-refractivity contribution in [1.82, 2.24) is 4.68 Å². The van der Waals surface area contributed by atoms with Crippen LogP contribution < -0.4 is 16.0 Å². The summed E-state index contributed by atoms with van der Waals surface area (Å²) in [6, 6.07) is 21.3. The Morgan fingerprint density at radius 1 is 0.976 bits per heavy atom. The van der Waals surface area contributed by atoms with E-state index in [2.05, 4.69) is 9.82 Å². The van der Waals surface area contributed by atoms with Gasteiger partial charge in [-0.15, -0.1) is 0 Å². The number of rotatable bonds is 7. The Hall–Kier alpha value is -5.79. The van der Waals surface area contributed by atoms with Crippen molar-refractivity contribution in [2.75, 3.05) is 10.5 Å². The summed E-state index contributed by atoms with van der Waals surface area (Å²) in [6.45, 7) is 3.42. The molecule has 12 nitrogen and oxygen atoms in total. The number of aromatic nitrogens is 1. The van der Waals surface area contributed by atoms with Crippen LogP contribution in [-0.4, -0.2) is 23.7 Å². The molecule has 0 radical (unpaired) electrons. The third kappa shape index (κ3) is 5.66. The van der Waals surface area contributed by atoms with E-state index in [1.165, 1.54) is 48.5 Å². The highest BCUT2D eigenvalue weighted by atomic mass is 32.2. The molecule has 13 heteroatoms. The first-order valence-electron chi connectivity index (χ1n) is 11.9. The average molecular weight is 568 g/mol. The molecule has 0 bridgehead atoms. The van der Waals surface area contributed by atoms with Gasteiger partial charge in [0.25, 0.3) is 21.3 Å². The minimum atomic E-state index is -3.81. The lowest BCUT2D eigenvalue weighted by atomic mass is 9.96. The molecule has 3 aromatic carbocycles. The summed E-state index contributed by atoms with van der Waals surface area (Å²) in [5.74, 6) is -0.327. The number of nitrogen functional groups attached to an aromatic ring is 1. The van der Waals surface area contributed by atoms with E-state index in [1.54, 1.807) is 37.3 Å². The number of hydrogen-bond donors (Lipinski definition) is 2. The quantitative estimate of drug-likeness (QED) is 0.189. The van der Waals surface area contributed by atoms with Crippen LogP contribution in [0.5, 0.6) is 0 Å². The maximum Gasteiger partial charge on any atom is 0.291 e. The molecule has 0 unspecified atom stereocenters. The molecule has 0 aliphatic rings. The molecule has 0 spiro atoms. The molecule has 4 aromatic rings. The number of nitrogens with one attached hydrogen (secondary N) is 1. The highest BCUT2D eigenvalue weighted by molar-refractivity contribution is 7.92. The van der Waals surface area contributed by atoms with E-state index in [-0.39, 0.29) is 38.8 Å². The van der Waals surface area contributed by atoms with Crippen molar-refractivity contribution in [3.05, 3.63) is 116 Å². The predicted octanol–water partition coefficient (Wildman–Crippen LogP) is 4.13. The predicted molar refractivity (Wildman–Crippen MR) is 153 cm³/mol. The van der Waals surface area contributed by atoms with Crippen LogP contribution in [-0.2, 0) is 10.0 Å². The lowest BCUT2D eigenvalue weighted by molar-refractivity contribution is -0.384. The number of benzene rings is 3. The van der Waals surface area contributed by atoms with E-state index < -0.39 is 26.1 Å². The van der Waals surface area contributed by atoms with Crippen LogP contribution in [0.1, 0.15) is 29.2 Å². The average Bonchev–Trinajstić information content (AvgIpc) is 2.95. The van der Waals surface area contributed by atoms with Gasteiger partial charge in [-0.1, -0.05) is 29.8 Å². The molecule has 0 aliphatic heterocycles. The lowest BCUT2D eigenvalue weighted by Crippen LogP contribution is -2.26. The molecule has 0 atom stereocenters. The summed E-state index contributed by atoms with van der Waals surface area (Å²) in [6.07, 6.45) is 0. The number of nitrogens with two attached hydrogens (primary N) is 1. The second kappa shape index (κ2) is 11.1. The van der Waals surface area contributed by atoms with E-state index in [0.29, 0.717) is 11.3 Å². The van der Waals surface area contributed by atoms with Gasteiger partial charge in [0.05, 0.1) is 15.5 Å². The van der Waals surface area contributed by atoms with Crippen LogP contribution in [0.25, 0.3) is 11.1 Å². The Labute approximate surface area is 234 Å². The number of nitrogens with zero attached hydrogens (tertiary/aromatic N) is 5. The second-order valence-electron chi connectivity index (χ2n) is 8.84. The molecule has 0 amide bonds. The molecular weight excluding hydrogens is 546 g/mol. The molecule has 0 fully saturated rings. The number of nitriles is 2. The first-order valence-corrected chi connectivity index (χ1v) is 13.3. The number of nitro benzene ring substituents is 1. The lowest BCUT2D eigenvalue weighted by Gasteiger charge is -2.13. The van der Waals surface area contributed by atoms with Crippen molar-refractivity contribution >= 4 is 32.9 Å². The normalized spacial score (nSPS) is 11.4. The van der Waals surface area contributed by atoms with Gasteiger partial charge in [-0.05, 0) is 61.4 Å². The summed E-state index contributed by atoms with van der Waals surface area (Å²) in [5, 5.41) is 34.9. The van der Waals surface area contributed by atoms with Crippen LogP contribution in [0.2, 0.25) is 0 Å². The van der Waals surface area contributed by atoms with Crippen LogP contribution in [0.15, 0.2) is 87.6 Å². The van der Waals surface area contributed by atoms with Gasteiger partial charge in [-0.3, -0.25) is 19.6 Å². The van der Waals surface area contributed by atoms with E-state index in [9.17, 15) is 33.9 Å². The van der Waals surface area contributed by atoms with E-state index in [4.69, 9.17) is 5.73 Å². The molecule has 3 N–H and O–H groups in total.